The molecule has 1 rings (SSSR count). The number of hydrogen-bond acceptors (Lipinski definition) is 3. The monoisotopic (exact) mass is 167 g/mol. The third-order valence-electron chi connectivity index (χ3n) is 1.64. The SMILES string of the molecule is CCn1cc(CC(=O)CN)cn1. The van der Waals surface area contributed by atoms with Crippen molar-refractivity contribution in [3.63, 3.8) is 0 Å². The zero-order valence-corrected chi connectivity index (χ0v) is 7.16. The first-order chi connectivity index (χ1) is 5.76. The Bertz CT molecular complexity index is 267. The molecule has 66 valence electrons. The highest BCUT2D eigenvalue weighted by Crippen LogP contribution is 1.98. The molecule has 0 aliphatic carbocycles. The molecule has 4 nitrogen and oxygen atoms in total. The zero-order valence-electron chi connectivity index (χ0n) is 7.16. The average molecular weight is 167 g/mol. The van der Waals surface area contributed by atoms with Gasteiger partial charge in [0.15, 0.2) is 5.78 Å². The first-order valence-corrected chi connectivity index (χ1v) is 3.99. The molecule has 0 spiro atoms. The van der Waals surface area contributed by atoms with E-state index in [9.17, 15) is 4.79 Å². The molecule has 4 heteroatoms. The van der Waals surface area contributed by atoms with Crippen LogP contribution in [0, 0.1) is 0 Å². The number of hydrogen-bond donors (Lipinski definition) is 1. The summed E-state index contributed by atoms with van der Waals surface area (Å²) in [5, 5.41) is 4.05. The first-order valence-electron chi connectivity index (χ1n) is 3.99. The largest absolute Gasteiger partial charge is 0.324 e. The average Bonchev–Trinajstić information content (AvgIpc) is 2.52. The van der Waals surface area contributed by atoms with Gasteiger partial charge in [-0.25, -0.2) is 0 Å². The summed E-state index contributed by atoms with van der Waals surface area (Å²) < 4.78 is 1.79. The Balaban J connectivity index is 2.58. The number of carbonyl (C=O) groups excluding carboxylic acids is 1. The fourth-order valence-electron chi connectivity index (χ4n) is 0.970. The van der Waals surface area contributed by atoms with E-state index in [1.807, 2.05) is 13.1 Å². The van der Waals surface area contributed by atoms with Crippen molar-refractivity contribution >= 4 is 5.78 Å². The number of nitrogens with two attached hydrogens (primary N) is 1. The van der Waals surface area contributed by atoms with Crippen molar-refractivity contribution in [2.24, 2.45) is 5.73 Å². The maximum Gasteiger partial charge on any atom is 0.150 e. The van der Waals surface area contributed by atoms with E-state index >= 15 is 0 Å². The van der Waals surface area contributed by atoms with Gasteiger partial charge in [-0.15, -0.1) is 0 Å². The Morgan fingerprint density at radius 3 is 3.00 bits per heavy atom. The van der Waals surface area contributed by atoms with Gasteiger partial charge in [0.1, 0.15) is 0 Å². The molecule has 0 unspecified atom stereocenters. The van der Waals surface area contributed by atoms with Crippen molar-refractivity contribution in [1.82, 2.24) is 9.78 Å². The summed E-state index contributed by atoms with van der Waals surface area (Å²) in [7, 11) is 0. The van der Waals surface area contributed by atoms with Crippen LogP contribution in [0.2, 0.25) is 0 Å². The summed E-state index contributed by atoms with van der Waals surface area (Å²) in [6, 6.07) is 0. The molecule has 1 heterocycles. The van der Waals surface area contributed by atoms with Crippen LogP contribution in [0.4, 0.5) is 0 Å². The highest BCUT2D eigenvalue weighted by molar-refractivity contribution is 5.82. The minimum Gasteiger partial charge on any atom is -0.324 e. The lowest BCUT2D eigenvalue weighted by atomic mass is 10.2. The number of carbonyl (C=O) groups is 1. The first kappa shape index (κ1) is 8.93. The molecule has 0 fully saturated rings. The maximum absolute atomic E-state index is 10.9. The van der Waals surface area contributed by atoms with E-state index in [1.54, 1.807) is 10.9 Å². The van der Waals surface area contributed by atoms with Crippen LogP contribution in [0.3, 0.4) is 0 Å². The van der Waals surface area contributed by atoms with Crippen LogP contribution in [0.1, 0.15) is 12.5 Å². The molecule has 1 aromatic heterocycles. The van der Waals surface area contributed by atoms with Crippen LogP contribution in [-0.2, 0) is 17.8 Å². The molecule has 0 atom stereocenters. The Morgan fingerprint density at radius 2 is 2.50 bits per heavy atom. The van der Waals surface area contributed by atoms with E-state index in [-0.39, 0.29) is 12.3 Å². The van der Waals surface area contributed by atoms with Crippen LogP contribution >= 0.6 is 0 Å². The van der Waals surface area contributed by atoms with Crippen LogP contribution in [0.25, 0.3) is 0 Å². The van der Waals surface area contributed by atoms with E-state index in [1.165, 1.54) is 0 Å². The molecule has 12 heavy (non-hydrogen) atoms. The van der Waals surface area contributed by atoms with Crippen molar-refractivity contribution in [1.29, 1.82) is 0 Å². The van der Waals surface area contributed by atoms with Crippen molar-refractivity contribution in [2.75, 3.05) is 6.54 Å². The Morgan fingerprint density at radius 1 is 1.75 bits per heavy atom. The summed E-state index contributed by atoms with van der Waals surface area (Å²) in [6.45, 7) is 2.94. The topological polar surface area (TPSA) is 60.9 Å². The third-order valence-corrected chi connectivity index (χ3v) is 1.64. The molecule has 0 bridgehead atoms. The van der Waals surface area contributed by atoms with Crippen LogP contribution in [-0.4, -0.2) is 22.1 Å². The quantitative estimate of drug-likeness (QED) is 0.685. The number of rotatable bonds is 4. The normalized spacial score (nSPS) is 10.2. The van der Waals surface area contributed by atoms with Crippen molar-refractivity contribution in [2.45, 2.75) is 19.9 Å². The Labute approximate surface area is 71.4 Å². The number of aromatic nitrogens is 2. The van der Waals surface area contributed by atoms with Crippen molar-refractivity contribution in [3.8, 4) is 0 Å². The maximum atomic E-state index is 10.9. The van der Waals surface area contributed by atoms with Gasteiger partial charge in [0.05, 0.1) is 12.7 Å². The molecule has 0 aromatic carbocycles. The van der Waals surface area contributed by atoms with E-state index in [4.69, 9.17) is 5.73 Å². The predicted molar refractivity (Wildman–Crippen MR) is 45.7 cm³/mol. The Hall–Kier alpha value is -1.16. The predicted octanol–water partition coefficient (Wildman–Crippen LogP) is -0.0267. The second kappa shape index (κ2) is 4.01. The minimum atomic E-state index is 0.0469. The van der Waals surface area contributed by atoms with Gasteiger partial charge in [0, 0.05) is 19.2 Å². The van der Waals surface area contributed by atoms with Gasteiger partial charge in [0.25, 0.3) is 0 Å². The highest BCUT2D eigenvalue weighted by atomic mass is 16.1. The van der Waals surface area contributed by atoms with E-state index in [0.29, 0.717) is 6.42 Å². The number of aryl methyl sites for hydroxylation is 1. The van der Waals surface area contributed by atoms with Gasteiger partial charge in [-0.2, -0.15) is 5.10 Å². The second-order valence-electron chi connectivity index (χ2n) is 2.62. The van der Waals surface area contributed by atoms with Gasteiger partial charge in [0.2, 0.25) is 0 Å². The molecule has 2 N–H and O–H groups in total. The molecule has 1 aromatic rings. The summed E-state index contributed by atoms with van der Waals surface area (Å²) in [4.78, 5) is 10.9. The van der Waals surface area contributed by atoms with Gasteiger partial charge in [-0.3, -0.25) is 9.48 Å². The van der Waals surface area contributed by atoms with Crippen LogP contribution in [0.5, 0.6) is 0 Å². The lowest BCUT2D eigenvalue weighted by Gasteiger charge is -1.92. The zero-order chi connectivity index (χ0) is 8.97. The standard InChI is InChI=1S/C8H13N3O/c1-2-11-6-7(5-10-11)3-8(12)4-9/h5-6H,2-4,9H2,1H3. The Kier molecular flexibility index (Phi) is 2.99. The summed E-state index contributed by atoms with van der Waals surface area (Å²) in [6.07, 6.45) is 3.97. The molecular formula is C8H13N3O. The summed E-state index contributed by atoms with van der Waals surface area (Å²) in [5.41, 5.74) is 6.12. The lowest BCUT2D eigenvalue weighted by Crippen LogP contribution is -2.15. The second-order valence-corrected chi connectivity index (χ2v) is 2.62. The number of Topliss-reactive ketones (excluding diaryl/α,β-unsaturated/α-hetero) is 1. The minimum absolute atomic E-state index is 0.0469. The highest BCUT2D eigenvalue weighted by Gasteiger charge is 2.02. The smallest absolute Gasteiger partial charge is 0.150 e. The van der Waals surface area contributed by atoms with Crippen LogP contribution < -0.4 is 5.73 Å². The van der Waals surface area contributed by atoms with Crippen molar-refractivity contribution < 1.29 is 4.79 Å². The van der Waals surface area contributed by atoms with Gasteiger partial charge in [-0.1, -0.05) is 0 Å². The van der Waals surface area contributed by atoms with E-state index in [2.05, 4.69) is 5.10 Å². The summed E-state index contributed by atoms with van der Waals surface area (Å²) >= 11 is 0. The van der Waals surface area contributed by atoms with Crippen LogP contribution in [0.15, 0.2) is 12.4 Å². The molecule has 0 amide bonds. The van der Waals surface area contributed by atoms with Crippen molar-refractivity contribution in [3.05, 3.63) is 18.0 Å². The molecule has 0 saturated carbocycles. The van der Waals surface area contributed by atoms with E-state index < -0.39 is 0 Å². The molecule has 0 radical (unpaired) electrons. The van der Waals surface area contributed by atoms with E-state index in [0.717, 1.165) is 12.1 Å². The fraction of sp³-hybridized carbons (Fsp3) is 0.500. The summed E-state index contributed by atoms with van der Waals surface area (Å²) in [5.74, 6) is 0.0469. The molecular weight excluding hydrogens is 154 g/mol. The van der Waals surface area contributed by atoms with Gasteiger partial charge < -0.3 is 5.73 Å². The van der Waals surface area contributed by atoms with Gasteiger partial charge in [-0.05, 0) is 12.5 Å². The molecule has 0 saturated heterocycles. The molecule has 0 aliphatic rings. The molecule has 0 aliphatic heterocycles. The van der Waals surface area contributed by atoms with Gasteiger partial charge >= 0.3 is 0 Å². The number of ketones is 1. The third kappa shape index (κ3) is 2.17. The number of nitrogens with zero attached hydrogens (tertiary/aromatic N) is 2. The fourth-order valence-corrected chi connectivity index (χ4v) is 0.970. The lowest BCUT2D eigenvalue weighted by molar-refractivity contribution is -0.117.